The first-order chi connectivity index (χ1) is 9.92. The largest absolute Gasteiger partial charge is 0.387 e. The molecule has 0 aliphatic heterocycles. The summed E-state index contributed by atoms with van der Waals surface area (Å²) in [7, 11) is -4.38. The van der Waals surface area contributed by atoms with Crippen molar-refractivity contribution >= 4 is 10.0 Å². The molecule has 0 fully saturated rings. The minimum absolute atomic E-state index is 0.389. The van der Waals surface area contributed by atoms with Crippen LogP contribution in [0.25, 0.3) is 0 Å². The molecule has 0 radical (unpaired) electrons. The van der Waals surface area contributed by atoms with Crippen LogP contribution in [0.2, 0.25) is 0 Å². The van der Waals surface area contributed by atoms with E-state index in [-0.39, 0.29) is 6.54 Å². The lowest BCUT2D eigenvalue weighted by atomic mass is 10.1. The molecule has 2 aromatic carbocycles. The Morgan fingerprint density at radius 3 is 2.14 bits per heavy atom. The molecular weight excluding hydrogens is 300 g/mol. The highest BCUT2D eigenvalue weighted by atomic mass is 32.2. The van der Waals surface area contributed by atoms with Gasteiger partial charge in [0.2, 0.25) is 10.0 Å². The minimum Gasteiger partial charge on any atom is -0.387 e. The first kappa shape index (κ1) is 15.6. The Bertz CT molecular complexity index is 700. The molecule has 0 bridgehead atoms. The lowest BCUT2D eigenvalue weighted by Gasteiger charge is -2.13. The van der Waals surface area contributed by atoms with E-state index < -0.39 is 32.7 Å². The van der Waals surface area contributed by atoms with E-state index in [1.54, 1.807) is 30.3 Å². The smallest absolute Gasteiger partial charge is 0.246 e. The van der Waals surface area contributed by atoms with Crippen LogP contribution in [-0.2, 0) is 10.0 Å². The monoisotopic (exact) mass is 313 g/mol. The molecule has 0 aromatic heterocycles. The van der Waals surface area contributed by atoms with Crippen LogP contribution in [0.5, 0.6) is 0 Å². The first-order valence-corrected chi connectivity index (χ1v) is 7.57. The van der Waals surface area contributed by atoms with Crippen molar-refractivity contribution in [3.8, 4) is 0 Å². The average molecular weight is 313 g/mol. The fraction of sp³-hybridized carbons (Fsp3) is 0.143. The fourth-order valence-corrected chi connectivity index (χ4v) is 2.96. The van der Waals surface area contributed by atoms with Gasteiger partial charge in [-0.1, -0.05) is 36.4 Å². The molecule has 4 nitrogen and oxygen atoms in total. The zero-order valence-corrected chi connectivity index (χ0v) is 11.6. The number of hydrogen-bond acceptors (Lipinski definition) is 3. The number of hydrogen-bond donors (Lipinski definition) is 2. The van der Waals surface area contributed by atoms with Crippen molar-refractivity contribution in [3.63, 3.8) is 0 Å². The molecule has 0 saturated heterocycles. The number of aliphatic hydroxyl groups is 1. The predicted octanol–water partition coefficient (Wildman–Crippen LogP) is 1.98. The quantitative estimate of drug-likeness (QED) is 0.887. The standard InChI is InChI=1S/C14H13F2NO3S/c15-11-7-4-8-12(16)14(11)21(19,20)17-9-13(18)10-5-2-1-3-6-10/h1-8,13,17-18H,9H2. The summed E-state index contributed by atoms with van der Waals surface area (Å²) in [6.45, 7) is -0.389. The van der Waals surface area contributed by atoms with E-state index in [2.05, 4.69) is 0 Å². The highest BCUT2D eigenvalue weighted by Gasteiger charge is 2.24. The van der Waals surface area contributed by atoms with Crippen LogP contribution in [0.4, 0.5) is 8.78 Å². The maximum atomic E-state index is 13.5. The van der Waals surface area contributed by atoms with Crippen molar-refractivity contribution in [2.75, 3.05) is 6.54 Å². The molecule has 2 aromatic rings. The molecule has 1 unspecified atom stereocenters. The Hall–Kier alpha value is -1.83. The molecule has 0 spiro atoms. The van der Waals surface area contributed by atoms with Gasteiger partial charge in [0, 0.05) is 6.54 Å². The van der Waals surface area contributed by atoms with Crippen molar-refractivity contribution < 1.29 is 22.3 Å². The van der Waals surface area contributed by atoms with Gasteiger partial charge in [-0.2, -0.15) is 0 Å². The lowest BCUT2D eigenvalue weighted by Crippen LogP contribution is -2.30. The summed E-state index contributed by atoms with van der Waals surface area (Å²) >= 11 is 0. The second-order valence-corrected chi connectivity index (χ2v) is 6.03. The van der Waals surface area contributed by atoms with Gasteiger partial charge in [-0.25, -0.2) is 21.9 Å². The number of benzene rings is 2. The van der Waals surface area contributed by atoms with Gasteiger partial charge in [0.05, 0.1) is 6.10 Å². The SMILES string of the molecule is O=S(=O)(NCC(O)c1ccccc1)c1c(F)cccc1F. The molecule has 1 atom stereocenters. The van der Waals surface area contributed by atoms with E-state index in [0.717, 1.165) is 18.2 Å². The second kappa shape index (κ2) is 6.30. The molecule has 0 aliphatic carbocycles. The summed E-state index contributed by atoms with van der Waals surface area (Å²) < 4.78 is 52.8. The van der Waals surface area contributed by atoms with Gasteiger partial charge in [-0.15, -0.1) is 0 Å². The van der Waals surface area contributed by atoms with Gasteiger partial charge in [0.25, 0.3) is 0 Å². The highest BCUT2D eigenvalue weighted by Crippen LogP contribution is 2.19. The summed E-state index contributed by atoms with van der Waals surface area (Å²) in [6, 6.07) is 11.1. The van der Waals surface area contributed by atoms with Crippen molar-refractivity contribution in [1.29, 1.82) is 0 Å². The minimum atomic E-state index is -4.38. The van der Waals surface area contributed by atoms with Crippen LogP contribution in [0.15, 0.2) is 53.4 Å². The number of halogens is 2. The van der Waals surface area contributed by atoms with E-state index in [0.29, 0.717) is 5.56 Å². The van der Waals surface area contributed by atoms with Crippen molar-refractivity contribution in [2.45, 2.75) is 11.0 Å². The molecule has 21 heavy (non-hydrogen) atoms. The third kappa shape index (κ3) is 3.63. The van der Waals surface area contributed by atoms with Crippen LogP contribution < -0.4 is 4.72 Å². The second-order valence-electron chi connectivity index (χ2n) is 4.33. The van der Waals surface area contributed by atoms with Crippen LogP contribution in [0.1, 0.15) is 11.7 Å². The van der Waals surface area contributed by atoms with Gasteiger partial charge in [0.1, 0.15) is 11.6 Å². The van der Waals surface area contributed by atoms with Crippen LogP contribution in [-0.4, -0.2) is 20.1 Å². The number of sulfonamides is 1. The van der Waals surface area contributed by atoms with Crippen LogP contribution in [0, 0.1) is 11.6 Å². The third-order valence-electron chi connectivity index (χ3n) is 2.84. The van der Waals surface area contributed by atoms with E-state index in [1.807, 2.05) is 4.72 Å². The van der Waals surface area contributed by atoms with Gasteiger partial charge in [-0.3, -0.25) is 0 Å². The van der Waals surface area contributed by atoms with Gasteiger partial charge < -0.3 is 5.11 Å². The van der Waals surface area contributed by atoms with Crippen LogP contribution in [0.3, 0.4) is 0 Å². The van der Waals surface area contributed by atoms with E-state index in [1.165, 1.54) is 0 Å². The summed E-state index contributed by atoms with van der Waals surface area (Å²) in [4.78, 5) is -1.05. The van der Waals surface area contributed by atoms with E-state index >= 15 is 0 Å². The Balaban J connectivity index is 2.16. The molecule has 0 heterocycles. The van der Waals surface area contributed by atoms with Crippen LogP contribution >= 0.6 is 0 Å². The molecule has 0 amide bonds. The molecule has 112 valence electrons. The first-order valence-electron chi connectivity index (χ1n) is 6.08. The fourth-order valence-electron chi connectivity index (χ4n) is 1.79. The lowest BCUT2D eigenvalue weighted by molar-refractivity contribution is 0.182. The molecule has 0 aliphatic rings. The zero-order chi connectivity index (χ0) is 15.5. The number of nitrogens with one attached hydrogen (secondary N) is 1. The molecular formula is C14H13F2NO3S. The molecule has 0 saturated carbocycles. The van der Waals surface area contributed by atoms with Crippen molar-refractivity contribution in [2.24, 2.45) is 0 Å². The summed E-state index contributed by atoms with van der Waals surface area (Å²) in [5.74, 6) is -2.37. The summed E-state index contributed by atoms with van der Waals surface area (Å²) in [6.07, 6.45) is -1.11. The zero-order valence-electron chi connectivity index (χ0n) is 10.8. The van der Waals surface area contributed by atoms with Gasteiger partial charge in [0.15, 0.2) is 4.90 Å². The van der Waals surface area contributed by atoms with Crippen molar-refractivity contribution in [1.82, 2.24) is 4.72 Å². The Morgan fingerprint density at radius 1 is 1.00 bits per heavy atom. The van der Waals surface area contributed by atoms with E-state index in [9.17, 15) is 22.3 Å². The van der Waals surface area contributed by atoms with Crippen molar-refractivity contribution in [3.05, 3.63) is 65.7 Å². The highest BCUT2D eigenvalue weighted by molar-refractivity contribution is 7.89. The molecule has 7 heteroatoms. The van der Waals surface area contributed by atoms with Gasteiger partial charge in [-0.05, 0) is 17.7 Å². The number of rotatable bonds is 5. The third-order valence-corrected chi connectivity index (χ3v) is 4.31. The summed E-state index contributed by atoms with van der Waals surface area (Å²) in [5, 5.41) is 9.85. The van der Waals surface area contributed by atoms with Gasteiger partial charge >= 0.3 is 0 Å². The normalized spacial score (nSPS) is 13.1. The predicted molar refractivity (Wildman–Crippen MR) is 72.9 cm³/mol. The number of aliphatic hydroxyl groups excluding tert-OH is 1. The maximum Gasteiger partial charge on any atom is 0.246 e. The Morgan fingerprint density at radius 2 is 1.57 bits per heavy atom. The molecule has 2 rings (SSSR count). The summed E-state index contributed by atoms with van der Waals surface area (Å²) in [5.41, 5.74) is 0.495. The average Bonchev–Trinajstić information content (AvgIpc) is 2.45. The molecule has 2 N–H and O–H groups in total. The maximum absolute atomic E-state index is 13.5. The Kier molecular flexibility index (Phi) is 4.66. The topological polar surface area (TPSA) is 66.4 Å². The Labute approximate surface area is 121 Å². The van der Waals surface area contributed by atoms with E-state index in [4.69, 9.17) is 0 Å².